The third-order valence-corrected chi connectivity index (χ3v) is 7.22. The number of benzene rings is 1. The Bertz CT molecular complexity index is 776. The molecule has 0 unspecified atom stereocenters. The molecule has 0 N–H and O–H groups in total. The largest absolute Gasteiger partial charge is 0.311 e. The van der Waals surface area contributed by atoms with Crippen molar-refractivity contribution in [1.82, 2.24) is 4.31 Å². The van der Waals surface area contributed by atoms with Gasteiger partial charge in [-0.2, -0.15) is 4.31 Å². The van der Waals surface area contributed by atoms with E-state index in [9.17, 15) is 13.2 Å². The van der Waals surface area contributed by atoms with Gasteiger partial charge in [-0.25, -0.2) is 8.42 Å². The Hall–Kier alpha value is -1.40. The first-order chi connectivity index (χ1) is 11.2. The summed E-state index contributed by atoms with van der Waals surface area (Å²) in [4.78, 5) is 14.6. The summed E-state index contributed by atoms with van der Waals surface area (Å²) in [5, 5.41) is 0. The van der Waals surface area contributed by atoms with E-state index < -0.39 is 10.0 Å². The van der Waals surface area contributed by atoms with Gasteiger partial charge in [-0.3, -0.25) is 4.79 Å². The highest BCUT2D eigenvalue weighted by atomic mass is 32.2. The second-order valence-electron chi connectivity index (χ2n) is 7.36. The van der Waals surface area contributed by atoms with Crippen molar-refractivity contribution in [3.63, 3.8) is 0 Å². The fourth-order valence-electron chi connectivity index (χ4n) is 4.09. The Balaban J connectivity index is 2.17. The lowest BCUT2D eigenvalue weighted by atomic mass is 9.97. The highest BCUT2D eigenvalue weighted by Gasteiger charge is 2.40. The van der Waals surface area contributed by atoms with Crippen LogP contribution in [-0.2, 0) is 21.2 Å². The number of sulfonamides is 1. The molecule has 5 nitrogen and oxygen atoms in total. The van der Waals surface area contributed by atoms with Gasteiger partial charge in [0.15, 0.2) is 0 Å². The molecule has 2 aliphatic heterocycles. The minimum atomic E-state index is -3.58. The van der Waals surface area contributed by atoms with Crippen LogP contribution in [0, 0.1) is 0 Å². The normalized spacial score (nSPS) is 20.4. The fourth-order valence-corrected chi connectivity index (χ4v) is 6.01. The molecule has 0 saturated carbocycles. The first-order valence-electron chi connectivity index (χ1n) is 8.68. The Morgan fingerprint density at radius 1 is 1.17 bits per heavy atom. The summed E-state index contributed by atoms with van der Waals surface area (Å²) in [5.74, 6) is -0.177. The maximum absolute atomic E-state index is 13.2. The summed E-state index contributed by atoms with van der Waals surface area (Å²) in [6.07, 6.45) is 1.71. The molecule has 0 aliphatic carbocycles. The smallest absolute Gasteiger partial charge is 0.243 e. The minimum Gasteiger partial charge on any atom is -0.311 e. The SMILES string of the molecule is CC(C)N(C(C)C)S(=O)(=O)c1cc2c3c(c1)[C@H](C)C(=O)N3CCC2. The van der Waals surface area contributed by atoms with Crippen molar-refractivity contribution in [2.45, 2.75) is 70.4 Å². The second-order valence-corrected chi connectivity index (χ2v) is 9.20. The van der Waals surface area contributed by atoms with Crippen LogP contribution in [0.2, 0.25) is 0 Å². The molecule has 1 atom stereocenters. The predicted octanol–water partition coefficient (Wildman–Crippen LogP) is 2.89. The zero-order chi connectivity index (χ0) is 17.8. The van der Waals surface area contributed by atoms with E-state index in [1.165, 1.54) is 0 Å². The molecule has 0 spiro atoms. The van der Waals surface area contributed by atoms with Crippen molar-refractivity contribution >= 4 is 21.6 Å². The number of hydrogen-bond acceptors (Lipinski definition) is 3. The van der Waals surface area contributed by atoms with E-state index in [-0.39, 0.29) is 23.9 Å². The van der Waals surface area contributed by atoms with Gasteiger partial charge in [0.25, 0.3) is 0 Å². The summed E-state index contributed by atoms with van der Waals surface area (Å²) >= 11 is 0. The van der Waals surface area contributed by atoms with Crippen molar-refractivity contribution in [3.8, 4) is 0 Å². The molecule has 0 saturated heterocycles. The van der Waals surface area contributed by atoms with Gasteiger partial charge in [0.1, 0.15) is 0 Å². The van der Waals surface area contributed by atoms with Crippen molar-refractivity contribution < 1.29 is 13.2 Å². The molecule has 0 fully saturated rings. The molecule has 6 heteroatoms. The van der Waals surface area contributed by atoms with E-state index in [2.05, 4.69) is 0 Å². The van der Waals surface area contributed by atoms with Gasteiger partial charge < -0.3 is 4.90 Å². The summed E-state index contributed by atoms with van der Waals surface area (Å²) in [7, 11) is -3.58. The monoisotopic (exact) mass is 350 g/mol. The highest BCUT2D eigenvalue weighted by molar-refractivity contribution is 7.89. The molecular formula is C18H26N2O3S. The van der Waals surface area contributed by atoms with Crippen molar-refractivity contribution in [2.24, 2.45) is 0 Å². The molecule has 24 heavy (non-hydrogen) atoms. The van der Waals surface area contributed by atoms with Crippen LogP contribution >= 0.6 is 0 Å². The van der Waals surface area contributed by atoms with Crippen LogP contribution in [0.15, 0.2) is 17.0 Å². The van der Waals surface area contributed by atoms with Gasteiger partial charge in [-0.1, -0.05) is 0 Å². The zero-order valence-corrected chi connectivity index (χ0v) is 15.9. The number of rotatable bonds is 4. The topological polar surface area (TPSA) is 57.7 Å². The van der Waals surface area contributed by atoms with Gasteiger partial charge in [0.05, 0.1) is 16.5 Å². The van der Waals surface area contributed by atoms with Gasteiger partial charge in [0, 0.05) is 18.6 Å². The summed E-state index contributed by atoms with van der Waals surface area (Å²) in [6.45, 7) is 10.2. The molecule has 132 valence electrons. The number of hydrogen-bond donors (Lipinski definition) is 0. The molecule has 0 radical (unpaired) electrons. The zero-order valence-electron chi connectivity index (χ0n) is 15.0. The number of aryl methyl sites for hydroxylation is 1. The van der Waals surface area contributed by atoms with Crippen LogP contribution < -0.4 is 4.90 Å². The molecule has 2 aliphatic rings. The predicted molar refractivity (Wildman–Crippen MR) is 94.8 cm³/mol. The third-order valence-electron chi connectivity index (χ3n) is 4.99. The van der Waals surface area contributed by atoms with Crippen LogP contribution in [0.25, 0.3) is 0 Å². The Morgan fingerprint density at radius 3 is 2.38 bits per heavy atom. The highest BCUT2D eigenvalue weighted by Crippen LogP contribution is 2.44. The molecule has 1 aromatic rings. The Labute approximate surface area is 144 Å². The average molecular weight is 350 g/mol. The minimum absolute atomic E-state index is 0.0880. The first-order valence-corrected chi connectivity index (χ1v) is 10.1. The lowest BCUT2D eigenvalue weighted by Gasteiger charge is -2.31. The number of anilines is 1. The molecule has 2 heterocycles. The van der Waals surface area contributed by atoms with Crippen LogP contribution in [0.1, 0.15) is 58.1 Å². The van der Waals surface area contributed by atoms with Crippen LogP contribution in [0.3, 0.4) is 0 Å². The summed E-state index contributed by atoms with van der Waals surface area (Å²) < 4.78 is 27.9. The van der Waals surface area contributed by atoms with Crippen LogP contribution in [0.5, 0.6) is 0 Å². The van der Waals surface area contributed by atoms with E-state index in [4.69, 9.17) is 0 Å². The van der Waals surface area contributed by atoms with Crippen LogP contribution in [-0.4, -0.2) is 37.3 Å². The van der Waals surface area contributed by atoms with Gasteiger partial charge >= 0.3 is 0 Å². The van der Waals surface area contributed by atoms with Gasteiger partial charge in [-0.05, 0) is 70.7 Å². The van der Waals surface area contributed by atoms with E-state index in [1.807, 2.05) is 39.5 Å². The molecule has 1 aromatic carbocycles. The summed E-state index contributed by atoms with van der Waals surface area (Å²) in [5.41, 5.74) is 2.81. The molecule has 1 amide bonds. The molecular weight excluding hydrogens is 324 g/mol. The van der Waals surface area contributed by atoms with E-state index in [0.717, 1.165) is 36.2 Å². The van der Waals surface area contributed by atoms with Gasteiger partial charge in [-0.15, -0.1) is 0 Å². The lowest BCUT2D eigenvalue weighted by molar-refractivity contribution is -0.119. The number of amides is 1. The quantitative estimate of drug-likeness (QED) is 0.839. The Kier molecular flexibility index (Phi) is 4.24. The fraction of sp³-hybridized carbons (Fsp3) is 0.611. The molecule has 0 aromatic heterocycles. The van der Waals surface area contributed by atoms with Gasteiger partial charge in [0.2, 0.25) is 15.9 Å². The molecule has 0 bridgehead atoms. The Morgan fingerprint density at radius 2 is 1.79 bits per heavy atom. The number of carbonyl (C=O) groups is 1. The van der Waals surface area contributed by atoms with Crippen molar-refractivity contribution in [1.29, 1.82) is 0 Å². The van der Waals surface area contributed by atoms with E-state index in [0.29, 0.717) is 4.90 Å². The maximum atomic E-state index is 13.2. The second kappa shape index (κ2) is 5.85. The lowest BCUT2D eigenvalue weighted by Crippen LogP contribution is -2.42. The first kappa shape index (κ1) is 17.4. The molecule has 3 rings (SSSR count). The van der Waals surface area contributed by atoms with E-state index in [1.54, 1.807) is 16.4 Å². The maximum Gasteiger partial charge on any atom is 0.243 e. The summed E-state index contributed by atoms with van der Waals surface area (Å²) in [6, 6.07) is 3.27. The number of carbonyl (C=O) groups excluding carboxylic acids is 1. The van der Waals surface area contributed by atoms with E-state index >= 15 is 0 Å². The van der Waals surface area contributed by atoms with Crippen molar-refractivity contribution in [3.05, 3.63) is 23.3 Å². The van der Waals surface area contributed by atoms with Crippen molar-refractivity contribution in [2.75, 3.05) is 11.4 Å². The number of nitrogens with zero attached hydrogens (tertiary/aromatic N) is 2. The third kappa shape index (κ3) is 2.47. The average Bonchev–Trinajstić information content (AvgIpc) is 2.73. The standard InChI is InChI=1S/C18H26N2O3S/c1-11(2)20(12(3)4)24(22,23)15-9-14-7-6-8-19-17(14)16(10-15)13(5)18(19)21/h9-13H,6-8H2,1-5H3/t13-/m0/s1. The van der Waals surface area contributed by atoms with Crippen LogP contribution in [0.4, 0.5) is 5.69 Å².